The first kappa shape index (κ1) is 19.4. The van der Waals surface area contributed by atoms with Crippen LogP contribution in [0.5, 0.6) is 0 Å². The zero-order valence-electron chi connectivity index (χ0n) is 14.2. The molecular weight excluding hydrogens is 393 g/mol. The van der Waals surface area contributed by atoms with Gasteiger partial charge in [-0.25, -0.2) is 9.18 Å². The second-order valence-electron chi connectivity index (χ2n) is 5.89. The number of halogens is 1. The Balaban J connectivity index is 1.75. The van der Waals surface area contributed by atoms with E-state index in [1.807, 2.05) is 0 Å². The standard InChI is InChI=1S/C18H14FNO7S/c19-13-7-1-10(2-8-13)9-28(24,25)27-16-14(21)15(26-17(16)20)11-3-5-12(6-4-11)18(22)23/h1-8,15H,9,20H2,(H,22,23). The van der Waals surface area contributed by atoms with Gasteiger partial charge in [-0.05, 0) is 29.8 Å². The summed E-state index contributed by atoms with van der Waals surface area (Å²) in [7, 11) is -4.26. The van der Waals surface area contributed by atoms with Gasteiger partial charge in [-0.2, -0.15) is 8.42 Å². The number of carbonyl (C=O) groups is 2. The van der Waals surface area contributed by atoms with Crippen molar-refractivity contribution in [3.05, 3.63) is 82.7 Å². The van der Waals surface area contributed by atoms with Gasteiger partial charge in [0.05, 0.1) is 5.56 Å². The fourth-order valence-electron chi connectivity index (χ4n) is 2.52. The molecular formula is C18H14FNO7S. The summed E-state index contributed by atoms with van der Waals surface area (Å²) in [5.74, 6) is -4.24. The third-order valence-electron chi connectivity index (χ3n) is 3.86. The number of aromatic carboxylic acids is 1. The summed E-state index contributed by atoms with van der Waals surface area (Å²) in [6, 6.07) is 9.99. The van der Waals surface area contributed by atoms with E-state index in [4.69, 9.17) is 19.8 Å². The van der Waals surface area contributed by atoms with Gasteiger partial charge in [0.15, 0.2) is 6.10 Å². The highest BCUT2D eigenvalue weighted by Crippen LogP contribution is 2.32. The maximum absolute atomic E-state index is 12.9. The number of carboxylic acids is 1. The van der Waals surface area contributed by atoms with Crippen molar-refractivity contribution in [1.29, 1.82) is 0 Å². The minimum absolute atomic E-state index is 0.00785. The van der Waals surface area contributed by atoms with Crippen LogP contribution >= 0.6 is 0 Å². The molecule has 0 radical (unpaired) electrons. The maximum Gasteiger partial charge on any atom is 0.335 e. The average molecular weight is 407 g/mol. The number of benzene rings is 2. The highest BCUT2D eigenvalue weighted by molar-refractivity contribution is 7.86. The second-order valence-corrected chi connectivity index (χ2v) is 7.47. The van der Waals surface area contributed by atoms with Crippen LogP contribution in [0, 0.1) is 5.82 Å². The molecule has 0 bridgehead atoms. The van der Waals surface area contributed by atoms with Gasteiger partial charge in [-0.15, -0.1) is 0 Å². The van der Waals surface area contributed by atoms with Crippen LogP contribution in [0.15, 0.2) is 60.2 Å². The molecule has 0 spiro atoms. The number of carbonyl (C=O) groups excluding carboxylic acids is 1. The first-order valence-corrected chi connectivity index (χ1v) is 9.44. The van der Waals surface area contributed by atoms with Crippen LogP contribution in [0.4, 0.5) is 4.39 Å². The number of rotatable bonds is 6. The van der Waals surface area contributed by atoms with Gasteiger partial charge in [0.1, 0.15) is 11.6 Å². The first-order chi connectivity index (χ1) is 13.2. The van der Waals surface area contributed by atoms with Gasteiger partial charge in [0.2, 0.25) is 17.4 Å². The smallest absolute Gasteiger partial charge is 0.335 e. The van der Waals surface area contributed by atoms with Crippen LogP contribution < -0.4 is 5.73 Å². The molecule has 8 nitrogen and oxygen atoms in total. The minimum atomic E-state index is -4.26. The molecule has 0 aromatic heterocycles. The monoisotopic (exact) mass is 407 g/mol. The second kappa shape index (κ2) is 7.31. The average Bonchev–Trinajstić information content (AvgIpc) is 2.91. The number of ketones is 1. The highest BCUT2D eigenvalue weighted by atomic mass is 32.2. The van der Waals surface area contributed by atoms with E-state index in [-0.39, 0.29) is 16.7 Å². The van der Waals surface area contributed by atoms with Crippen LogP contribution in [-0.2, 0) is 29.6 Å². The molecule has 10 heteroatoms. The summed E-state index contributed by atoms with van der Waals surface area (Å²) in [6.45, 7) is 0. The predicted molar refractivity (Wildman–Crippen MR) is 93.6 cm³/mol. The number of hydrogen-bond donors (Lipinski definition) is 2. The van der Waals surface area contributed by atoms with Gasteiger partial charge in [0, 0.05) is 5.56 Å². The molecule has 3 rings (SSSR count). The molecule has 0 aliphatic carbocycles. The molecule has 1 aliphatic heterocycles. The van der Waals surface area contributed by atoms with Crippen molar-refractivity contribution in [3.8, 4) is 0 Å². The SMILES string of the molecule is NC1=C(OS(=O)(=O)Cc2ccc(F)cc2)C(=O)C(c2ccc(C(=O)O)cc2)O1. The number of carboxylic acid groups (broad SMARTS) is 1. The quantitative estimate of drug-likeness (QED) is 0.693. The molecule has 3 N–H and O–H groups in total. The van der Waals surface area contributed by atoms with E-state index in [9.17, 15) is 22.4 Å². The first-order valence-electron chi connectivity index (χ1n) is 7.87. The molecule has 0 amide bonds. The van der Waals surface area contributed by atoms with Gasteiger partial charge >= 0.3 is 16.1 Å². The zero-order valence-corrected chi connectivity index (χ0v) is 15.0. The Bertz CT molecular complexity index is 1060. The molecule has 2 aromatic rings. The van der Waals surface area contributed by atoms with E-state index in [0.29, 0.717) is 0 Å². The molecule has 1 atom stereocenters. The summed E-state index contributed by atoms with van der Waals surface area (Å²) in [6.07, 6.45) is -1.25. The van der Waals surface area contributed by atoms with E-state index in [1.165, 1.54) is 36.4 Å². The van der Waals surface area contributed by atoms with Crippen molar-refractivity contribution >= 4 is 21.9 Å². The Kier molecular flexibility index (Phi) is 5.06. The minimum Gasteiger partial charge on any atom is -0.478 e. The third-order valence-corrected chi connectivity index (χ3v) is 4.97. The van der Waals surface area contributed by atoms with E-state index in [2.05, 4.69) is 0 Å². The molecule has 0 saturated carbocycles. The van der Waals surface area contributed by atoms with Crippen LogP contribution in [0.25, 0.3) is 0 Å². The van der Waals surface area contributed by atoms with Crippen LogP contribution in [0.3, 0.4) is 0 Å². The van der Waals surface area contributed by atoms with E-state index in [1.54, 1.807) is 0 Å². The van der Waals surface area contributed by atoms with Crippen molar-refractivity contribution in [2.24, 2.45) is 5.73 Å². The predicted octanol–water partition coefficient (Wildman–Crippen LogP) is 1.84. The molecule has 146 valence electrons. The van der Waals surface area contributed by atoms with E-state index < -0.39 is 51.2 Å². The number of nitrogens with two attached hydrogens (primary N) is 1. The maximum atomic E-state index is 12.9. The van der Waals surface area contributed by atoms with Gasteiger partial charge < -0.3 is 19.8 Å². The summed E-state index contributed by atoms with van der Waals surface area (Å²) in [5, 5.41) is 8.91. The lowest BCUT2D eigenvalue weighted by Gasteiger charge is -2.10. The lowest BCUT2D eigenvalue weighted by Crippen LogP contribution is -2.16. The molecule has 1 aliphatic rings. The van der Waals surface area contributed by atoms with Crippen LogP contribution in [0.2, 0.25) is 0 Å². The van der Waals surface area contributed by atoms with Crippen molar-refractivity contribution in [2.45, 2.75) is 11.9 Å². The van der Waals surface area contributed by atoms with Crippen molar-refractivity contribution < 1.29 is 36.4 Å². The van der Waals surface area contributed by atoms with Crippen molar-refractivity contribution in [1.82, 2.24) is 0 Å². The number of hydrogen-bond acceptors (Lipinski definition) is 7. The van der Waals surface area contributed by atoms with Crippen LogP contribution in [0.1, 0.15) is 27.6 Å². The summed E-state index contributed by atoms with van der Waals surface area (Å²) < 4.78 is 47.4. The fourth-order valence-corrected chi connectivity index (χ4v) is 3.60. The lowest BCUT2D eigenvalue weighted by atomic mass is 10.0. The van der Waals surface area contributed by atoms with Crippen LogP contribution in [-0.4, -0.2) is 25.3 Å². The Hall–Kier alpha value is -3.40. The molecule has 2 aromatic carbocycles. The third kappa shape index (κ3) is 4.12. The summed E-state index contributed by atoms with van der Waals surface area (Å²) in [4.78, 5) is 23.4. The lowest BCUT2D eigenvalue weighted by molar-refractivity contribution is -0.123. The van der Waals surface area contributed by atoms with E-state index >= 15 is 0 Å². The molecule has 1 unspecified atom stereocenters. The summed E-state index contributed by atoms with van der Waals surface area (Å²) in [5.41, 5.74) is 6.15. The van der Waals surface area contributed by atoms with E-state index in [0.717, 1.165) is 12.1 Å². The molecule has 0 fully saturated rings. The van der Waals surface area contributed by atoms with Crippen molar-refractivity contribution in [2.75, 3.05) is 0 Å². The highest BCUT2D eigenvalue weighted by Gasteiger charge is 2.39. The molecule has 28 heavy (non-hydrogen) atoms. The largest absolute Gasteiger partial charge is 0.478 e. The Morgan fingerprint density at radius 3 is 2.32 bits per heavy atom. The van der Waals surface area contributed by atoms with Crippen molar-refractivity contribution in [3.63, 3.8) is 0 Å². The van der Waals surface area contributed by atoms with Gasteiger partial charge in [-0.3, -0.25) is 4.79 Å². The number of ether oxygens (including phenoxy) is 1. The molecule has 1 heterocycles. The Morgan fingerprint density at radius 2 is 1.75 bits per heavy atom. The topological polar surface area (TPSA) is 133 Å². The normalized spacial score (nSPS) is 16.8. The molecule has 0 saturated heterocycles. The summed E-state index contributed by atoms with van der Waals surface area (Å²) >= 11 is 0. The zero-order chi connectivity index (χ0) is 20.5. The number of Topliss-reactive ketones (excluding diaryl/α,β-unsaturated/α-hetero) is 1. The fraction of sp³-hybridized carbons (Fsp3) is 0.111. The Labute approximate surface area is 159 Å². The van der Waals surface area contributed by atoms with Gasteiger partial charge in [-0.1, -0.05) is 24.3 Å². The van der Waals surface area contributed by atoms with Gasteiger partial charge in [0.25, 0.3) is 0 Å². The Morgan fingerprint density at radius 1 is 1.14 bits per heavy atom.